The van der Waals surface area contributed by atoms with Crippen LogP contribution in [0.4, 0.5) is 23.2 Å². The molecule has 0 bridgehead atoms. The van der Waals surface area contributed by atoms with Gasteiger partial charge in [-0.2, -0.15) is 13.2 Å². The topological polar surface area (TPSA) is 92.4 Å². The zero-order valence-corrected chi connectivity index (χ0v) is 10.1. The van der Waals surface area contributed by atoms with Gasteiger partial charge in [0, 0.05) is 0 Å². The number of carbonyl (C=O) groups excluding carboxylic acids is 1. The van der Waals surface area contributed by atoms with Crippen LogP contribution in [0.3, 0.4) is 0 Å². The minimum atomic E-state index is -5.24. The summed E-state index contributed by atoms with van der Waals surface area (Å²) >= 11 is 0. The maximum atomic E-state index is 13.1. The first-order valence-corrected chi connectivity index (χ1v) is 5.17. The SMILES string of the molecule is CC(NC(=O)c1cccc(F)c1N)(C(=O)O)C(F)(F)F. The fourth-order valence-corrected chi connectivity index (χ4v) is 1.28. The number of anilines is 1. The van der Waals surface area contributed by atoms with Gasteiger partial charge in [-0.15, -0.1) is 0 Å². The third-order valence-electron chi connectivity index (χ3n) is 2.66. The van der Waals surface area contributed by atoms with Crippen molar-refractivity contribution >= 4 is 17.6 Å². The number of carboxylic acid groups (broad SMARTS) is 1. The molecule has 110 valence electrons. The van der Waals surface area contributed by atoms with E-state index in [2.05, 4.69) is 0 Å². The van der Waals surface area contributed by atoms with Gasteiger partial charge in [-0.3, -0.25) is 4.79 Å². The van der Waals surface area contributed by atoms with Crippen molar-refractivity contribution in [3.63, 3.8) is 0 Å². The Morgan fingerprint density at radius 1 is 1.30 bits per heavy atom. The average molecular weight is 294 g/mol. The molecule has 4 N–H and O–H groups in total. The number of carboxylic acids is 1. The van der Waals surface area contributed by atoms with Crippen molar-refractivity contribution in [3.8, 4) is 0 Å². The summed E-state index contributed by atoms with van der Waals surface area (Å²) < 4.78 is 51.3. The van der Waals surface area contributed by atoms with Gasteiger partial charge in [0.1, 0.15) is 5.82 Å². The average Bonchev–Trinajstić information content (AvgIpc) is 2.30. The zero-order valence-electron chi connectivity index (χ0n) is 10.1. The highest BCUT2D eigenvalue weighted by molar-refractivity contribution is 6.01. The Kier molecular flexibility index (Phi) is 3.92. The molecule has 1 unspecified atom stereocenters. The molecule has 1 aromatic carbocycles. The fraction of sp³-hybridized carbons (Fsp3) is 0.273. The van der Waals surface area contributed by atoms with Gasteiger partial charge in [0.2, 0.25) is 5.54 Å². The molecular weight excluding hydrogens is 284 g/mol. The lowest BCUT2D eigenvalue weighted by molar-refractivity contribution is -0.203. The molecule has 0 spiro atoms. The first-order valence-electron chi connectivity index (χ1n) is 5.17. The lowest BCUT2D eigenvalue weighted by Crippen LogP contribution is -2.61. The van der Waals surface area contributed by atoms with E-state index >= 15 is 0 Å². The number of nitrogen functional groups attached to an aromatic ring is 1. The first kappa shape index (κ1) is 15.7. The van der Waals surface area contributed by atoms with Crippen molar-refractivity contribution < 1.29 is 32.3 Å². The van der Waals surface area contributed by atoms with Crippen LogP contribution < -0.4 is 11.1 Å². The van der Waals surface area contributed by atoms with E-state index in [0.717, 1.165) is 18.2 Å². The summed E-state index contributed by atoms with van der Waals surface area (Å²) in [4.78, 5) is 22.4. The van der Waals surface area contributed by atoms with Crippen molar-refractivity contribution in [1.29, 1.82) is 0 Å². The number of rotatable bonds is 3. The van der Waals surface area contributed by atoms with Gasteiger partial charge in [0.15, 0.2) is 0 Å². The molecule has 1 atom stereocenters. The van der Waals surface area contributed by atoms with Gasteiger partial charge in [0.05, 0.1) is 11.3 Å². The molecule has 20 heavy (non-hydrogen) atoms. The van der Waals surface area contributed by atoms with Crippen molar-refractivity contribution in [2.45, 2.75) is 18.6 Å². The molecule has 9 heteroatoms. The summed E-state index contributed by atoms with van der Waals surface area (Å²) in [5, 5.41) is 9.95. The predicted octanol–water partition coefficient (Wildman–Crippen LogP) is 1.54. The van der Waals surface area contributed by atoms with Gasteiger partial charge in [-0.25, -0.2) is 9.18 Å². The van der Waals surface area contributed by atoms with Crippen molar-refractivity contribution in [2.75, 3.05) is 5.73 Å². The van der Waals surface area contributed by atoms with Gasteiger partial charge < -0.3 is 16.2 Å². The summed E-state index contributed by atoms with van der Waals surface area (Å²) in [6.45, 7) is 0.280. The lowest BCUT2D eigenvalue weighted by Gasteiger charge is -2.28. The predicted molar refractivity (Wildman–Crippen MR) is 60.4 cm³/mol. The Morgan fingerprint density at radius 3 is 2.30 bits per heavy atom. The lowest BCUT2D eigenvalue weighted by atomic mass is 10.0. The Hall–Kier alpha value is -2.32. The van der Waals surface area contributed by atoms with Crippen LogP contribution in [0, 0.1) is 5.82 Å². The van der Waals surface area contributed by atoms with Gasteiger partial charge in [0.25, 0.3) is 5.91 Å². The summed E-state index contributed by atoms with van der Waals surface area (Å²) in [5.41, 5.74) is 0.463. The maximum Gasteiger partial charge on any atom is 0.422 e. The Morgan fingerprint density at radius 2 is 1.85 bits per heavy atom. The van der Waals surface area contributed by atoms with E-state index in [1.165, 1.54) is 5.32 Å². The van der Waals surface area contributed by atoms with Crippen LogP contribution in [-0.4, -0.2) is 28.7 Å². The van der Waals surface area contributed by atoms with Gasteiger partial charge in [-0.05, 0) is 19.1 Å². The number of amides is 1. The summed E-state index contributed by atoms with van der Waals surface area (Å²) in [6.07, 6.45) is -5.24. The van der Waals surface area contributed by atoms with Crippen LogP contribution in [0.2, 0.25) is 0 Å². The number of halogens is 4. The van der Waals surface area contributed by atoms with Crippen molar-refractivity contribution in [2.24, 2.45) is 0 Å². The second-order valence-electron chi connectivity index (χ2n) is 4.08. The molecule has 0 aliphatic heterocycles. The molecule has 1 amide bonds. The van der Waals surface area contributed by atoms with Gasteiger partial charge in [-0.1, -0.05) is 6.07 Å². The highest BCUT2D eigenvalue weighted by Gasteiger charge is 2.58. The number of nitrogens with one attached hydrogen (secondary N) is 1. The molecule has 0 aromatic heterocycles. The molecule has 1 rings (SSSR count). The highest BCUT2D eigenvalue weighted by Crippen LogP contribution is 2.31. The first-order chi connectivity index (χ1) is 9.00. The standard InChI is InChI=1S/C11H10F4N2O3/c1-10(9(19)20,11(13,14)15)17-8(18)5-3-2-4-6(12)7(5)16/h2-4H,16H2,1H3,(H,17,18)(H,19,20). The third-order valence-corrected chi connectivity index (χ3v) is 2.66. The molecule has 0 fully saturated rings. The number of alkyl halides is 3. The molecule has 0 aliphatic rings. The minimum Gasteiger partial charge on any atom is -0.479 e. The number of carbonyl (C=O) groups is 2. The number of hydrogen-bond donors (Lipinski definition) is 3. The van der Waals surface area contributed by atoms with Crippen LogP contribution in [0.5, 0.6) is 0 Å². The Labute approximate surface area is 110 Å². The monoisotopic (exact) mass is 294 g/mol. The van der Waals surface area contributed by atoms with E-state index in [1.54, 1.807) is 0 Å². The van der Waals surface area contributed by atoms with E-state index in [4.69, 9.17) is 10.8 Å². The molecule has 0 aliphatic carbocycles. The van der Waals surface area contributed by atoms with Crippen LogP contribution in [0.25, 0.3) is 0 Å². The van der Waals surface area contributed by atoms with E-state index in [0.29, 0.717) is 0 Å². The van der Waals surface area contributed by atoms with Crippen LogP contribution in [0.1, 0.15) is 17.3 Å². The van der Waals surface area contributed by atoms with Gasteiger partial charge >= 0.3 is 12.1 Å². The summed E-state index contributed by atoms with van der Waals surface area (Å²) in [7, 11) is 0. The molecule has 0 radical (unpaired) electrons. The Bertz CT molecular complexity index is 559. The number of para-hydroxylation sites is 1. The normalized spacial score (nSPS) is 14.4. The van der Waals surface area contributed by atoms with Crippen LogP contribution >= 0.6 is 0 Å². The van der Waals surface area contributed by atoms with E-state index in [1.807, 2.05) is 0 Å². The molecule has 0 saturated heterocycles. The van der Waals surface area contributed by atoms with Crippen molar-refractivity contribution in [3.05, 3.63) is 29.6 Å². The molecule has 0 heterocycles. The highest BCUT2D eigenvalue weighted by atomic mass is 19.4. The number of nitrogens with two attached hydrogens (primary N) is 1. The molecule has 1 aromatic rings. The quantitative estimate of drug-likeness (QED) is 0.582. The van der Waals surface area contributed by atoms with E-state index < -0.39 is 40.7 Å². The minimum absolute atomic E-state index is 0.280. The smallest absolute Gasteiger partial charge is 0.422 e. The second kappa shape index (κ2) is 4.99. The fourth-order valence-electron chi connectivity index (χ4n) is 1.28. The molecule has 0 saturated carbocycles. The van der Waals surface area contributed by atoms with Crippen molar-refractivity contribution in [1.82, 2.24) is 5.32 Å². The van der Waals surface area contributed by atoms with Crippen LogP contribution in [-0.2, 0) is 4.79 Å². The zero-order chi connectivity index (χ0) is 15.7. The summed E-state index contributed by atoms with van der Waals surface area (Å²) in [6, 6.07) is 2.95. The largest absolute Gasteiger partial charge is 0.479 e. The van der Waals surface area contributed by atoms with E-state index in [9.17, 15) is 27.2 Å². The number of benzene rings is 1. The maximum absolute atomic E-state index is 13.1. The number of aliphatic carboxylic acids is 1. The Balaban J connectivity index is 3.17. The second-order valence-corrected chi connectivity index (χ2v) is 4.08. The summed E-state index contributed by atoms with van der Waals surface area (Å²) in [5.74, 6) is -4.74. The molecular formula is C11H10F4N2O3. The van der Waals surface area contributed by atoms with Crippen LogP contribution in [0.15, 0.2) is 18.2 Å². The molecule has 5 nitrogen and oxygen atoms in total. The van der Waals surface area contributed by atoms with E-state index in [-0.39, 0.29) is 6.92 Å². The third kappa shape index (κ3) is 2.65. The number of hydrogen-bond acceptors (Lipinski definition) is 3.